The molecule has 7 nitrogen and oxygen atoms in total. The number of carboxylic acids is 1. The normalized spacial score (nSPS) is 12.2. The average Bonchev–Trinajstić information content (AvgIpc) is 2.27. The summed E-state index contributed by atoms with van der Waals surface area (Å²) in [4.78, 5) is 10.4. The highest BCUT2D eigenvalue weighted by Crippen LogP contribution is 2.21. The van der Waals surface area contributed by atoms with E-state index in [2.05, 4.69) is 0 Å². The van der Waals surface area contributed by atoms with Gasteiger partial charge in [0.2, 0.25) is 5.82 Å². The number of carbonyl (C=O) groups is 1. The fourth-order valence-electron chi connectivity index (χ4n) is 1.06. The highest BCUT2D eigenvalue weighted by molar-refractivity contribution is 7.80. The van der Waals surface area contributed by atoms with Crippen molar-refractivity contribution in [1.82, 2.24) is 0 Å². The molecule has 0 aliphatic carbocycles. The number of carboxylic acid groups (broad SMARTS) is 1. The molecule has 0 radical (unpaired) electrons. The monoisotopic (exact) mass is 317 g/mol. The van der Waals surface area contributed by atoms with E-state index in [1.165, 1.54) is 0 Å². The van der Waals surface area contributed by atoms with Crippen LogP contribution >= 0.6 is 0 Å². The van der Waals surface area contributed by atoms with E-state index in [4.69, 9.17) is 28.9 Å². The molecule has 114 valence electrons. The van der Waals surface area contributed by atoms with Gasteiger partial charge >= 0.3 is 16.5 Å². The Balaban J connectivity index is 0.000000621. The van der Waals surface area contributed by atoms with E-state index in [0.29, 0.717) is 0 Å². The molecule has 0 bridgehead atoms. The standard InChI is InChI=1S/C9H9F2NO3.FHO3S/c10-7-4(3-5(12)9(14)15)1-2-6(13)8(7)11;1-5(2,3)4/h1-2,5,13H,3,12H2,(H,14,15);(H,2,3,4). The van der Waals surface area contributed by atoms with Crippen LogP contribution in [0.25, 0.3) is 0 Å². The van der Waals surface area contributed by atoms with Gasteiger partial charge in [-0.3, -0.25) is 9.35 Å². The van der Waals surface area contributed by atoms with Crippen LogP contribution in [-0.2, 0) is 21.7 Å². The lowest BCUT2D eigenvalue weighted by Crippen LogP contribution is -2.32. The first-order valence-electron chi connectivity index (χ1n) is 4.74. The zero-order valence-corrected chi connectivity index (χ0v) is 10.4. The van der Waals surface area contributed by atoms with E-state index < -0.39 is 39.9 Å². The number of aromatic hydroxyl groups is 1. The van der Waals surface area contributed by atoms with Gasteiger partial charge < -0.3 is 15.9 Å². The first-order valence-corrected chi connectivity index (χ1v) is 6.08. The minimum atomic E-state index is -5.17. The number of rotatable bonds is 3. The van der Waals surface area contributed by atoms with Gasteiger partial charge in [-0.15, -0.1) is 0 Å². The van der Waals surface area contributed by atoms with Gasteiger partial charge in [-0.05, 0) is 11.6 Å². The smallest absolute Gasteiger partial charge is 0.435 e. The molecular weight excluding hydrogens is 307 g/mol. The molecule has 1 aromatic rings. The maximum absolute atomic E-state index is 13.1. The van der Waals surface area contributed by atoms with E-state index in [-0.39, 0.29) is 12.0 Å². The summed E-state index contributed by atoms with van der Waals surface area (Å²) in [7, 11) is -5.17. The molecule has 0 saturated heterocycles. The summed E-state index contributed by atoms with van der Waals surface area (Å²) in [6, 6.07) is 0.738. The third kappa shape index (κ3) is 6.92. The number of nitrogens with two attached hydrogens (primary N) is 1. The van der Waals surface area contributed by atoms with Crippen molar-refractivity contribution in [2.45, 2.75) is 12.5 Å². The second-order valence-corrected chi connectivity index (χ2v) is 4.26. The van der Waals surface area contributed by atoms with Gasteiger partial charge in [0.25, 0.3) is 0 Å². The Hall–Kier alpha value is -1.85. The van der Waals surface area contributed by atoms with Crippen LogP contribution in [0.3, 0.4) is 0 Å². The first-order chi connectivity index (χ1) is 8.93. The SMILES string of the molecule is NC(Cc1ccc(O)c(F)c1F)C(=O)O.O=S(=O)(O)F. The summed E-state index contributed by atoms with van der Waals surface area (Å²) >= 11 is 0. The van der Waals surface area contributed by atoms with E-state index in [1.807, 2.05) is 0 Å². The van der Waals surface area contributed by atoms with E-state index in [1.54, 1.807) is 0 Å². The molecule has 0 saturated carbocycles. The summed E-state index contributed by atoms with van der Waals surface area (Å²) in [5.74, 6) is -4.79. The summed E-state index contributed by atoms with van der Waals surface area (Å²) in [6.45, 7) is 0. The molecule has 0 aliphatic heterocycles. The highest BCUT2D eigenvalue weighted by atomic mass is 32.3. The van der Waals surface area contributed by atoms with Crippen molar-refractivity contribution in [2.24, 2.45) is 5.73 Å². The zero-order valence-electron chi connectivity index (χ0n) is 9.63. The number of phenolic OH excluding ortho intramolecular Hbond substituents is 1. The third-order valence-corrected chi connectivity index (χ3v) is 1.90. The lowest BCUT2D eigenvalue weighted by molar-refractivity contribution is -0.138. The Morgan fingerprint density at radius 1 is 1.30 bits per heavy atom. The molecule has 5 N–H and O–H groups in total. The summed E-state index contributed by atoms with van der Waals surface area (Å²) in [6.07, 6.45) is -0.335. The van der Waals surface area contributed by atoms with Crippen LogP contribution in [0.4, 0.5) is 12.7 Å². The fraction of sp³-hybridized carbons (Fsp3) is 0.222. The quantitative estimate of drug-likeness (QED) is 0.467. The lowest BCUT2D eigenvalue weighted by Gasteiger charge is -2.08. The molecule has 20 heavy (non-hydrogen) atoms. The molecule has 0 heterocycles. The van der Waals surface area contributed by atoms with Crippen LogP contribution < -0.4 is 5.73 Å². The van der Waals surface area contributed by atoms with E-state index in [9.17, 15) is 17.5 Å². The van der Waals surface area contributed by atoms with Gasteiger partial charge in [-0.25, -0.2) is 4.39 Å². The minimum absolute atomic E-state index is 0.180. The molecule has 1 unspecified atom stereocenters. The number of hydrogen-bond acceptors (Lipinski definition) is 5. The predicted octanol–water partition coefficient (Wildman–Crippen LogP) is 0.384. The van der Waals surface area contributed by atoms with Crippen LogP contribution in [0, 0.1) is 11.6 Å². The van der Waals surface area contributed by atoms with Crippen LogP contribution in [0.5, 0.6) is 5.75 Å². The first kappa shape index (κ1) is 18.1. The lowest BCUT2D eigenvalue weighted by atomic mass is 10.1. The van der Waals surface area contributed by atoms with Crippen molar-refractivity contribution < 1.29 is 40.6 Å². The molecule has 0 fully saturated rings. The highest BCUT2D eigenvalue weighted by Gasteiger charge is 2.18. The summed E-state index contributed by atoms with van der Waals surface area (Å²) in [5.41, 5.74) is 4.97. The Bertz CT molecular complexity index is 584. The van der Waals surface area contributed by atoms with Crippen molar-refractivity contribution >= 4 is 16.5 Å². The van der Waals surface area contributed by atoms with Gasteiger partial charge in [0, 0.05) is 6.42 Å². The predicted molar refractivity (Wildman–Crippen MR) is 60.0 cm³/mol. The van der Waals surface area contributed by atoms with Crippen LogP contribution in [-0.4, -0.2) is 35.2 Å². The fourth-order valence-corrected chi connectivity index (χ4v) is 1.06. The molecule has 0 aromatic heterocycles. The number of phenols is 1. The summed E-state index contributed by atoms with van der Waals surface area (Å²) < 4.78 is 60.0. The molecule has 1 atom stereocenters. The number of benzene rings is 1. The maximum Gasteiger partial charge on any atom is 0.435 e. The van der Waals surface area contributed by atoms with Crippen LogP contribution in [0.15, 0.2) is 12.1 Å². The van der Waals surface area contributed by atoms with Crippen molar-refractivity contribution in [3.63, 3.8) is 0 Å². The molecule has 1 rings (SSSR count). The number of hydrogen-bond donors (Lipinski definition) is 4. The maximum atomic E-state index is 13.1. The Morgan fingerprint density at radius 3 is 2.15 bits per heavy atom. The van der Waals surface area contributed by atoms with Gasteiger partial charge in [0.1, 0.15) is 6.04 Å². The van der Waals surface area contributed by atoms with E-state index in [0.717, 1.165) is 12.1 Å². The number of aliphatic carboxylic acids is 1. The van der Waals surface area contributed by atoms with E-state index >= 15 is 0 Å². The zero-order chi connectivity index (χ0) is 16.1. The number of halogens is 3. The molecule has 0 spiro atoms. The Kier molecular flexibility index (Phi) is 6.42. The largest absolute Gasteiger partial charge is 0.505 e. The van der Waals surface area contributed by atoms with Crippen molar-refractivity contribution in [3.8, 4) is 5.75 Å². The summed E-state index contributed by atoms with van der Waals surface area (Å²) in [5, 5.41) is 17.3. The molecule has 0 aliphatic rings. The van der Waals surface area contributed by atoms with Crippen molar-refractivity contribution in [1.29, 1.82) is 0 Å². The molecule has 11 heteroatoms. The molecule has 1 aromatic carbocycles. The van der Waals surface area contributed by atoms with Crippen LogP contribution in [0.1, 0.15) is 5.56 Å². The second-order valence-electron chi connectivity index (χ2n) is 3.43. The second kappa shape index (κ2) is 7.07. The van der Waals surface area contributed by atoms with Gasteiger partial charge in [-0.1, -0.05) is 9.95 Å². The average molecular weight is 317 g/mol. The third-order valence-electron chi connectivity index (χ3n) is 1.90. The van der Waals surface area contributed by atoms with Crippen LogP contribution in [0.2, 0.25) is 0 Å². The minimum Gasteiger partial charge on any atom is -0.505 e. The van der Waals surface area contributed by atoms with Crippen molar-refractivity contribution in [2.75, 3.05) is 0 Å². The van der Waals surface area contributed by atoms with Gasteiger partial charge in [0.05, 0.1) is 0 Å². The van der Waals surface area contributed by atoms with Gasteiger partial charge in [0.15, 0.2) is 11.6 Å². The van der Waals surface area contributed by atoms with Crippen molar-refractivity contribution in [3.05, 3.63) is 29.3 Å². The Morgan fingerprint density at radius 2 is 1.75 bits per heavy atom. The van der Waals surface area contributed by atoms with Gasteiger partial charge in [-0.2, -0.15) is 12.8 Å². The topological polar surface area (TPSA) is 138 Å². The molecule has 0 amide bonds. The molecular formula is C9H10F3NO6S. The Labute approximate surface area is 111 Å².